The second kappa shape index (κ2) is 9.54. The highest BCUT2D eigenvalue weighted by Gasteiger charge is 2.13. The van der Waals surface area contributed by atoms with E-state index in [4.69, 9.17) is 16.7 Å². The van der Waals surface area contributed by atoms with Crippen molar-refractivity contribution < 1.29 is 0 Å². The van der Waals surface area contributed by atoms with Crippen LogP contribution in [0.4, 0.5) is 5.82 Å². The summed E-state index contributed by atoms with van der Waals surface area (Å²) < 4.78 is 5.21. The van der Waals surface area contributed by atoms with E-state index in [1.807, 2.05) is 54.8 Å². The highest BCUT2D eigenvalue weighted by Crippen LogP contribution is 2.27. The van der Waals surface area contributed by atoms with E-state index in [0.717, 1.165) is 27.6 Å². The molecular formula is C24H27ClN4S. The standard InChI is InChI=1S/C22H21ClN4S.C2H6/c1-22(2,3)16-6-10-18(11-7-16)28-26-20-12-13-24-21-14-19(25-27(20)21)15-4-8-17(23)9-5-15;1-2/h4-14,26H,1-3H3;1-2H3. The Morgan fingerprint density at radius 1 is 0.933 bits per heavy atom. The normalized spacial score (nSPS) is 11.1. The van der Waals surface area contributed by atoms with Crippen LogP contribution in [0.3, 0.4) is 0 Å². The van der Waals surface area contributed by atoms with Gasteiger partial charge >= 0.3 is 0 Å². The van der Waals surface area contributed by atoms with Crippen molar-refractivity contribution in [3.63, 3.8) is 0 Å². The maximum absolute atomic E-state index is 5.99. The van der Waals surface area contributed by atoms with Crippen molar-refractivity contribution in [2.45, 2.75) is 44.9 Å². The molecule has 0 saturated heterocycles. The van der Waals surface area contributed by atoms with Crippen LogP contribution in [-0.2, 0) is 5.41 Å². The van der Waals surface area contributed by atoms with Crippen LogP contribution in [0.2, 0.25) is 5.02 Å². The molecule has 4 rings (SSSR count). The zero-order valence-electron chi connectivity index (χ0n) is 18.0. The van der Waals surface area contributed by atoms with E-state index < -0.39 is 0 Å². The van der Waals surface area contributed by atoms with Crippen molar-refractivity contribution in [1.82, 2.24) is 14.6 Å². The average Bonchev–Trinajstić information content (AvgIpc) is 3.19. The van der Waals surface area contributed by atoms with Crippen molar-refractivity contribution in [2.24, 2.45) is 0 Å². The van der Waals surface area contributed by atoms with Crippen molar-refractivity contribution in [2.75, 3.05) is 4.72 Å². The molecule has 0 aliphatic rings. The summed E-state index contributed by atoms with van der Waals surface area (Å²) >= 11 is 7.55. The van der Waals surface area contributed by atoms with Gasteiger partial charge in [-0.2, -0.15) is 9.61 Å². The molecule has 2 aromatic heterocycles. The van der Waals surface area contributed by atoms with Gasteiger partial charge in [-0.3, -0.25) is 0 Å². The molecule has 0 spiro atoms. The number of nitrogens with zero attached hydrogens (tertiary/aromatic N) is 3. The fourth-order valence-corrected chi connectivity index (χ4v) is 3.64. The molecule has 0 radical (unpaired) electrons. The maximum atomic E-state index is 5.99. The smallest absolute Gasteiger partial charge is 0.157 e. The molecule has 6 heteroatoms. The zero-order chi connectivity index (χ0) is 21.7. The predicted octanol–water partition coefficient (Wildman–Crippen LogP) is 7.49. The number of anilines is 1. The van der Waals surface area contributed by atoms with Crippen LogP contribution in [0.5, 0.6) is 0 Å². The van der Waals surface area contributed by atoms with Gasteiger partial charge in [-0.1, -0.05) is 70.5 Å². The van der Waals surface area contributed by atoms with Crippen LogP contribution in [0.25, 0.3) is 16.9 Å². The van der Waals surface area contributed by atoms with Crippen LogP contribution < -0.4 is 4.72 Å². The molecule has 4 aromatic rings. The largest absolute Gasteiger partial charge is 0.310 e. The average molecular weight is 439 g/mol. The molecule has 4 nitrogen and oxygen atoms in total. The Hall–Kier alpha value is -2.50. The lowest BCUT2D eigenvalue weighted by Gasteiger charge is -2.19. The number of nitrogens with one attached hydrogen (secondary N) is 1. The van der Waals surface area contributed by atoms with Crippen LogP contribution >= 0.6 is 23.5 Å². The van der Waals surface area contributed by atoms with E-state index in [1.165, 1.54) is 5.56 Å². The highest BCUT2D eigenvalue weighted by atomic mass is 35.5. The monoisotopic (exact) mass is 438 g/mol. The Bertz CT molecular complexity index is 1100. The number of rotatable bonds is 4. The second-order valence-corrected chi connectivity index (χ2v) is 8.93. The van der Waals surface area contributed by atoms with Gasteiger partial charge in [0.1, 0.15) is 5.82 Å². The summed E-state index contributed by atoms with van der Waals surface area (Å²) in [7, 11) is 0. The molecule has 2 aromatic carbocycles. The minimum Gasteiger partial charge on any atom is -0.310 e. The van der Waals surface area contributed by atoms with Gasteiger partial charge in [0.15, 0.2) is 5.65 Å². The van der Waals surface area contributed by atoms with Crippen molar-refractivity contribution in [1.29, 1.82) is 0 Å². The van der Waals surface area contributed by atoms with Crippen LogP contribution in [0.1, 0.15) is 40.2 Å². The van der Waals surface area contributed by atoms with Crippen molar-refractivity contribution in [3.8, 4) is 11.3 Å². The number of benzene rings is 2. The summed E-state index contributed by atoms with van der Waals surface area (Å²) in [6.07, 6.45) is 1.79. The van der Waals surface area contributed by atoms with Gasteiger partial charge in [-0.05, 0) is 53.3 Å². The van der Waals surface area contributed by atoms with Crippen LogP contribution in [0, 0.1) is 0 Å². The summed E-state index contributed by atoms with van der Waals surface area (Å²) in [4.78, 5) is 5.57. The van der Waals surface area contributed by atoms with Crippen LogP contribution in [0.15, 0.2) is 71.8 Å². The minimum absolute atomic E-state index is 0.154. The summed E-state index contributed by atoms with van der Waals surface area (Å²) in [5, 5.41) is 5.42. The fourth-order valence-electron chi connectivity index (χ4n) is 2.87. The molecule has 0 bridgehead atoms. The summed E-state index contributed by atoms with van der Waals surface area (Å²) in [5.74, 6) is 0.870. The molecule has 0 atom stereocenters. The van der Waals surface area contributed by atoms with E-state index in [-0.39, 0.29) is 5.41 Å². The third-order valence-corrected chi connectivity index (χ3v) is 5.56. The number of aromatic nitrogens is 3. The summed E-state index contributed by atoms with van der Waals surface area (Å²) in [5.41, 5.74) is 4.13. The lowest BCUT2D eigenvalue weighted by Crippen LogP contribution is -2.10. The molecule has 0 amide bonds. The first-order valence-electron chi connectivity index (χ1n) is 10.0. The Balaban J connectivity index is 0.00000124. The van der Waals surface area contributed by atoms with E-state index >= 15 is 0 Å². The molecule has 2 heterocycles. The zero-order valence-corrected chi connectivity index (χ0v) is 19.6. The Labute approximate surface area is 187 Å². The number of fused-ring (bicyclic) bond motifs is 1. The predicted molar refractivity (Wildman–Crippen MR) is 129 cm³/mol. The first-order chi connectivity index (χ1) is 14.4. The first kappa shape index (κ1) is 22.2. The van der Waals surface area contributed by atoms with Gasteiger partial charge in [0.2, 0.25) is 0 Å². The second-order valence-electron chi connectivity index (χ2n) is 7.62. The quantitative estimate of drug-likeness (QED) is 0.335. The van der Waals surface area contributed by atoms with E-state index in [2.05, 4.69) is 54.7 Å². The molecular weight excluding hydrogens is 412 g/mol. The third-order valence-electron chi connectivity index (χ3n) is 4.49. The van der Waals surface area contributed by atoms with Gasteiger partial charge in [-0.15, -0.1) is 0 Å². The SMILES string of the molecule is CC.CC(C)(C)c1ccc(SNc2ccnc3cc(-c4ccc(Cl)cc4)nn23)cc1. The number of hydrogen-bond acceptors (Lipinski definition) is 4. The molecule has 0 aliphatic heterocycles. The van der Waals surface area contributed by atoms with Gasteiger partial charge < -0.3 is 4.72 Å². The Kier molecular flexibility index (Phi) is 7.06. The van der Waals surface area contributed by atoms with Gasteiger partial charge in [0.25, 0.3) is 0 Å². The third kappa shape index (κ3) is 5.15. The minimum atomic E-state index is 0.154. The number of halogens is 1. The lowest BCUT2D eigenvalue weighted by molar-refractivity contribution is 0.590. The van der Waals surface area contributed by atoms with Gasteiger partial charge in [-0.25, -0.2) is 4.98 Å². The fraction of sp³-hybridized carbons (Fsp3) is 0.250. The van der Waals surface area contributed by atoms with E-state index in [1.54, 1.807) is 18.1 Å². The highest BCUT2D eigenvalue weighted by molar-refractivity contribution is 8.00. The molecule has 0 unspecified atom stereocenters. The molecule has 0 aliphatic carbocycles. The van der Waals surface area contributed by atoms with E-state index in [9.17, 15) is 0 Å². The van der Waals surface area contributed by atoms with Gasteiger partial charge in [0, 0.05) is 27.7 Å². The lowest BCUT2D eigenvalue weighted by atomic mass is 9.87. The Morgan fingerprint density at radius 3 is 2.23 bits per heavy atom. The molecule has 156 valence electrons. The molecule has 0 saturated carbocycles. The maximum Gasteiger partial charge on any atom is 0.157 e. The molecule has 30 heavy (non-hydrogen) atoms. The van der Waals surface area contributed by atoms with E-state index in [0.29, 0.717) is 5.02 Å². The Morgan fingerprint density at radius 2 is 1.60 bits per heavy atom. The molecule has 1 N–H and O–H groups in total. The van der Waals surface area contributed by atoms with Crippen molar-refractivity contribution >= 4 is 35.0 Å². The van der Waals surface area contributed by atoms with Crippen LogP contribution in [-0.4, -0.2) is 14.6 Å². The summed E-state index contributed by atoms with van der Waals surface area (Å²) in [6.45, 7) is 10.7. The summed E-state index contributed by atoms with van der Waals surface area (Å²) in [6, 6.07) is 20.2. The first-order valence-corrected chi connectivity index (χ1v) is 11.2. The van der Waals surface area contributed by atoms with Gasteiger partial charge in [0.05, 0.1) is 5.69 Å². The van der Waals surface area contributed by atoms with Crippen molar-refractivity contribution in [3.05, 3.63) is 77.4 Å². The molecule has 0 fully saturated rings. The topological polar surface area (TPSA) is 42.2 Å². The number of hydrogen-bond donors (Lipinski definition) is 1.